The molecule has 0 aliphatic rings. The summed E-state index contributed by atoms with van der Waals surface area (Å²) in [4.78, 5) is 11.7. The SMILES string of the molecule is Cc1cc(-c2c(-c3ccc(OCC(F)(F)F)c(C(F)(F)F)c3)nc3cncn3c2C(F)(F)F)ccn1. The maximum absolute atomic E-state index is 14.3. The van der Waals surface area contributed by atoms with Crippen LogP contribution in [0.5, 0.6) is 5.75 Å². The van der Waals surface area contributed by atoms with Crippen molar-refractivity contribution < 1.29 is 44.3 Å². The number of benzene rings is 1. The lowest BCUT2D eigenvalue weighted by molar-refractivity contribution is -0.158. The Morgan fingerprint density at radius 2 is 1.61 bits per heavy atom. The van der Waals surface area contributed by atoms with Gasteiger partial charge in [-0.2, -0.15) is 39.5 Å². The van der Waals surface area contributed by atoms with Crippen molar-refractivity contribution in [3.05, 3.63) is 66.0 Å². The fraction of sp³-hybridized carbons (Fsp3) is 0.227. The molecule has 0 unspecified atom stereocenters. The topological polar surface area (TPSA) is 52.3 Å². The summed E-state index contributed by atoms with van der Waals surface area (Å²) in [6.45, 7) is -0.483. The summed E-state index contributed by atoms with van der Waals surface area (Å²) in [5, 5.41) is 0. The number of pyridine rings is 1. The monoisotopic (exact) mass is 520 g/mol. The molecule has 1 aromatic carbocycles. The predicted octanol–water partition coefficient (Wildman–Crippen LogP) is 6.75. The molecule has 0 spiro atoms. The third-order valence-corrected chi connectivity index (χ3v) is 4.96. The van der Waals surface area contributed by atoms with Crippen LogP contribution in [0.25, 0.3) is 28.0 Å². The summed E-state index contributed by atoms with van der Waals surface area (Å²) in [5.41, 5.74) is -4.37. The minimum absolute atomic E-state index is 0.0427. The van der Waals surface area contributed by atoms with Gasteiger partial charge in [0.2, 0.25) is 0 Å². The first-order valence-electron chi connectivity index (χ1n) is 9.92. The molecule has 0 saturated heterocycles. The molecule has 0 atom stereocenters. The fourth-order valence-electron chi connectivity index (χ4n) is 3.59. The van der Waals surface area contributed by atoms with Crippen LogP contribution in [0.4, 0.5) is 39.5 Å². The standard InChI is InChI=1S/C22H13F9N4O/c1-11-6-12(4-5-33-11)17-18(34-16-8-32-10-35(16)19(17)22(29,30)31)13-2-3-15(36-9-20(23,24)25)14(7-13)21(26,27)28/h2-8,10H,9H2,1H3. The second-order valence-electron chi connectivity index (χ2n) is 7.60. The number of alkyl halides is 9. The summed E-state index contributed by atoms with van der Waals surface area (Å²) in [5.74, 6) is -1.13. The molecule has 5 nitrogen and oxygen atoms in total. The molecule has 3 heterocycles. The molecule has 0 saturated carbocycles. The third kappa shape index (κ3) is 5.06. The fourth-order valence-corrected chi connectivity index (χ4v) is 3.59. The number of rotatable bonds is 4. The first kappa shape index (κ1) is 25.3. The van der Waals surface area contributed by atoms with Crippen LogP contribution >= 0.6 is 0 Å². The quantitative estimate of drug-likeness (QED) is 0.280. The van der Waals surface area contributed by atoms with Crippen molar-refractivity contribution in [2.75, 3.05) is 6.61 Å². The lowest BCUT2D eigenvalue weighted by Gasteiger charge is -2.20. The van der Waals surface area contributed by atoms with Gasteiger partial charge in [0.25, 0.3) is 0 Å². The van der Waals surface area contributed by atoms with E-state index in [9.17, 15) is 39.5 Å². The van der Waals surface area contributed by atoms with Crippen molar-refractivity contribution in [3.8, 4) is 28.1 Å². The highest BCUT2D eigenvalue weighted by Gasteiger charge is 2.40. The Balaban J connectivity index is 2.03. The Hall–Kier alpha value is -3.84. The van der Waals surface area contributed by atoms with Crippen LogP contribution in [-0.2, 0) is 12.4 Å². The van der Waals surface area contributed by atoms with E-state index in [0.717, 1.165) is 18.6 Å². The average molecular weight is 520 g/mol. The molecular weight excluding hydrogens is 507 g/mol. The van der Waals surface area contributed by atoms with E-state index < -0.39 is 59.0 Å². The summed E-state index contributed by atoms with van der Waals surface area (Å²) >= 11 is 0. The summed E-state index contributed by atoms with van der Waals surface area (Å²) in [7, 11) is 0. The van der Waals surface area contributed by atoms with Gasteiger partial charge in [-0.25, -0.2) is 9.97 Å². The average Bonchev–Trinajstić information content (AvgIpc) is 3.22. The smallest absolute Gasteiger partial charge is 0.432 e. The zero-order valence-electron chi connectivity index (χ0n) is 17.9. The number of hydrogen-bond acceptors (Lipinski definition) is 4. The van der Waals surface area contributed by atoms with Gasteiger partial charge in [-0.05, 0) is 42.8 Å². The van der Waals surface area contributed by atoms with Crippen molar-refractivity contribution >= 4 is 5.65 Å². The van der Waals surface area contributed by atoms with Crippen molar-refractivity contribution in [1.29, 1.82) is 0 Å². The van der Waals surface area contributed by atoms with Gasteiger partial charge in [0, 0.05) is 23.0 Å². The second kappa shape index (κ2) is 8.68. The highest BCUT2D eigenvalue weighted by atomic mass is 19.4. The minimum atomic E-state index is -5.18. The molecule has 4 rings (SSSR count). The Bertz CT molecular complexity index is 1420. The molecule has 0 radical (unpaired) electrons. The maximum atomic E-state index is 14.3. The van der Waals surface area contributed by atoms with Gasteiger partial charge in [0.05, 0.1) is 17.5 Å². The van der Waals surface area contributed by atoms with Gasteiger partial charge in [0.15, 0.2) is 12.3 Å². The third-order valence-electron chi connectivity index (χ3n) is 4.96. The molecule has 0 aliphatic carbocycles. The normalized spacial score (nSPS) is 12.8. The molecule has 36 heavy (non-hydrogen) atoms. The number of fused-ring (bicyclic) bond motifs is 1. The molecule has 14 heteroatoms. The van der Waals surface area contributed by atoms with Crippen LogP contribution in [0.1, 0.15) is 17.0 Å². The number of aryl methyl sites for hydroxylation is 1. The van der Waals surface area contributed by atoms with Gasteiger partial charge in [-0.15, -0.1) is 0 Å². The first-order valence-corrected chi connectivity index (χ1v) is 9.92. The van der Waals surface area contributed by atoms with Gasteiger partial charge in [0.1, 0.15) is 17.8 Å². The van der Waals surface area contributed by atoms with Crippen LogP contribution in [0, 0.1) is 6.92 Å². The number of ether oxygens (including phenoxy) is 1. The Morgan fingerprint density at radius 1 is 0.889 bits per heavy atom. The molecule has 0 bridgehead atoms. The molecule has 0 aliphatic heterocycles. The molecular formula is C22H13F9N4O. The van der Waals surface area contributed by atoms with E-state index in [2.05, 4.69) is 19.7 Å². The van der Waals surface area contributed by atoms with Crippen LogP contribution < -0.4 is 4.74 Å². The number of aromatic nitrogens is 4. The minimum Gasteiger partial charge on any atom is -0.483 e. The zero-order chi connectivity index (χ0) is 26.5. The molecule has 190 valence electrons. The van der Waals surface area contributed by atoms with Crippen LogP contribution in [0.15, 0.2) is 49.1 Å². The van der Waals surface area contributed by atoms with E-state index in [1.165, 1.54) is 25.3 Å². The Kier molecular flexibility index (Phi) is 6.09. The maximum Gasteiger partial charge on any atom is 0.432 e. The summed E-state index contributed by atoms with van der Waals surface area (Å²) in [6, 6.07) is 4.45. The van der Waals surface area contributed by atoms with E-state index >= 15 is 0 Å². The van der Waals surface area contributed by atoms with Gasteiger partial charge < -0.3 is 4.74 Å². The van der Waals surface area contributed by atoms with Crippen LogP contribution in [0.2, 0.25) is 0 Å². The van der Waals surface area contributed by atoms with Gasteiger partial charge in [-0.1, -0.05) is 0 Å². The molecule has 3 aromatic heterocycles. The summed E-state index contributed by atoms with van der Waals surface area (Å²) in [6.07, 6.45) is -12.0. The number of hydrogen-bond donors (Lipinski definition) is 0. The van der Waals surface area contributed by atoms with Crippen LogP contribution in [0.3, 0.4) is 0 Å². The van der Waals surface area contributed by atoms with E-state index in [0.29, 0.717) is 22.2 Å². The van der Waals surface area contributed by atoms with E-state index in [4.69, 9.17) is 0 Å². The van der Waals surface area contributed by atoms with Gasteiger partial charge >= 0.3 is 18.5 Å². The van der Waals surface area contributed by atoms with E-state index in [1.54, 1.807) is 0 Å². The van der Waals surface area contributed by atoms with Gasteiger partial charge in [-0.3, -0.25) is 9.38 Å². The predicted molar refractivity (Wildman–Crippen MR) is 108 cm³/mol. The zero-order valence-corrected chi connectivity index (χ0v) is 17.9. The van der Waals surface area contributed by atoms with E-state index in [-0.39, 0.29) is 11.2 Å². The lowest BCUT2D eigenvalue weighted by atomic mass is 9.96. The van der Waals surface area contributed by atoms with Crippen molar-refractivity contribution in [2.24, 2.45) is 0 Å². The van der Waals surface area contributed by atoms with Crippen LogP contribution in [-0.4, -0.2) is 32.1 Å². The Labute approximate surface area is 196 Å². The molecule has 0 fully saturated rings. The Morgan fingerprint density at radius 3 is 2.22 bits per heavy atom. The highest BCUT2D eigenvalue weighted by Crippen LogP contribution is 2.45. The number of halogens is 9. The first-order chi connectivity index (χ1) is 16.6. The molecule has 4 aromatic rings. The van der Waals surface area contributed by atoms with Crippen molar-refractivity contribution in [3.63, 3.8) is 0 Å². The number of imidazole rings is 1. The second-order valence-corrected chi connectivity index (χ2v) is 7.60. The molecule has 0 N–H and O–H groups in total. The largest absolute Gasteiger partial charge is 0.483 e. The molecule has 0 amide bonds. The van der Waals surface area contributed by atoms with Crippen molar-refractivity contribution in [1.82, 2.24) is 19.4 Å². The number of nitrogens with zero attached hydrogens (tertiary/aromatic N) is 4. The lowest BCUT2D eigenvalue weighted by Crippen LogP contribution is -2.21. The van der Waals surface area contributed by atoms with Crippen molar-refractivity contribution in [2.45, 2.75) is 25.5 Å². The summed E-state index contributed by atoms with van der Waals surface area (Å²) < 4.78 is 127. The highest BCUT2D eigenvalue weighted by molar-refractivity contribution is 5.85. The van der Waals surface area contributed by atoms with E-state index in [1.807, 2.05) is 0 Å².